The molecule has 5 heteroatoms. The molecule has 104 valence electrons. The molecular formula is C14H19BrN2O2. The standard InChI is InChI=1S/C14H19BrN2O2/c1-3-13-9(4-5-19-13)14(18)17-12-7-11(16)8(2)6-10(12)15/h6-7,9,13H,3-5,16H2,1-2H3,(H,17,18). The number of amides is 1. The van der Waals surface area contributed by atoms with E-state index >= 15 is 0 Å². The minimum Gasteiger partial charge on any atom is -0.398 e. The van der Waals surface area contributed by atoms with Gasteiger partial charge in [0, 0.05) is 16.8 Å². The molecular weight excluding hydrogens is 308 g/mol. The van der Waals surface area contributed by atoms with Crippen molar-refractivity contribution in [2.75, 3.05) is 17.7 Å². The zero-order valence-corrected chi connectivity index (χ0v) is 12.8. The molecule has 1 heterocycles. The fraction of sp³-hybridized carbons (Fsp3) is 0.500. The summed E-state index contributed by atoms with van der Waals surface area (Å²) in [5, 5.41) is 2.94. The average molecular weight is 327 g/mol. The van der Waals surface area contributed by atoms with Crippen molar-refractivity contribution in [3.63, 3.8) is 0 Å². The monoisotopic (exact) mass is 326 g/mol. The Morgan fingerprint density at radius 3 is 3.00 bits per heavy atom. The van der Waals surface area contributed by atoms with Gasteiger partial charge < -0.3 is 15.8 Å². The second-order valence-corrected chi connectivity index (χ2v) is 5.74. The maximum Gasteiger partial charge on any atom is 0.230 e. The predicted octanol–water partition coefficient (Wildman–Crippen LogP) is 3.09. The van der Waals surface area contributed by atoms with Gasteiger partial charge in [0.15, 0.2) is 0 Å². The van der Waals surface area contributed by atoms with Gasteiger partial charge in [0.25, 0.3) is 0 Å². The zero-order chi connectivity index (χ0) is 14.0. The molecule has 1 amide bonds. The van der Waals surface area contributed by atoms with E-state index in [2.05, 4.69) is 21.2 Å². The Morgan fingerprint density at radius 2 is 2.32 bits per heavy atom. The molecule has 3 N–H and O–H groups in total. The maximum absolute atomic E-state index is 12.3. The number of hydrogen-bond acceptors (Lipinski definition) is 3. The number of halogens is 1. The summed E-state index contributed by atoms with van der Waals surface area (Å²) in [7, 11) is 0. The van der Waals surface area contributed by atoms with Gasteiger partial charge in [-0.15, -0.1) is 0 Å². The summed E-state index contributed by atoms with van der Waals surface area (Å²) in [6.45, 7) is 4.63. The number of anilines is 2. The second-order valence-electron chi connectivity index (χ2n) is 4.89. The molecule has 0 saturated carbocycles. The number of nitrogens with one attached hydrogen (secondary N) is 1. The van der Waals surface area contributed by atoms with Gasteiger partial charge in [0.2, 0.25) is 5.91 Å². The van der Waals surface area contributed by atoms with Crippen molar-refractivity contribution in [3.05, 3.63) is 22.2 Å². The number of nitrogens with two attached hydrogens (primary N) is 1. The van der Waals surface area contributed by atoms with Crippen molar-refractivity contribution in [3.8, 4) is 0 Å². The highest BCUT2D eigenvalue weighted by Gasteiger charge is 2.32. The molecule has 0 bridgehead atoms. The fourth-order valence-corrected chi connectivity index (χ4v) is 2.92. The second kappa shape index (κ2) is 5.92. The number of carbonyl (C=O) groups is 1. The van der Waals surface area contributed by atoms with Crippen LogP contribution in [0.3, 0.4) is 0 Å². The van der Waals surface area contributed by atoms with Crippen LogP contribution in [0.1, 0.15) is 25.3 Å². The Morgan fingerprint density at radius 1 is 1.58 bits per heavy atom. The van der Waals surface area contributed by atoms with Crippen LogP contribution in [-0.4, -0.2) is 18.6 Å². The first-order valence-corrected chi connectivity index (χ1v) is 7.30. The third kappa shape index (κ3) is 3.09. The van der Waals surface area contributed by atoms with Crippen LogP contribution >= 0.6 is 15.9 Å². The summed E-state index contributed by atoms with van der Waals surface area (Å²) >= 11 is 3.45. The van der Waals surface area contributed by atoms with Crippen LogP contribution in [0.15, 0.2) is 16.6 Å². The molecule has 2 unspecified atom stereocenters. The van der Waals surface area contributed by atoms with Gasteiger partial charge in [-0.05, 0) is 53.4 Å². The summed E-state index contributed by atoms with van der Waals surface area (Å²) in [6, 6.07) is 3.70. The largest absolute Gasteiger partial charge is 0.398 e. The summed E-state index contributed by atoms with van der Waals surface area (Å²) in [5.74, 6) is -0.0623. The fourth-order valence-electron chi connectivity index (χ4n) is 2.36. The van der Waals surface area contributed by atoms with Gasteiger partial charge in [0.1, 0.15) is 0 Å². The molecule has 1 aliphatic rings. The van der Waals surface area contributed by atoms with Crippen LogP contribution in [0.5, 0.6) is 0 Å². The number of aryl methyl sites for hydroxylation is 1. The van der Waals surface area contributed by atoms with E-state index in [0.717, 1.165) is 28.6 Å². The van der Waals surface area contributed by atoms with E-state index in [4.69, 9.17) is 10.5 Å². The van der Waals surface area contributed by atoms with Gasteiger partial charge >= 0.3 is 0 Å². The number of nitrogen functional groups attached to an aromatic ring is 1. The van der Waals surface area contributed by atoms with E-state index in [1.54, 1.807) is 6.07 Å². The van der Waals surface area contributed by atoms with Gasteiger partial charge in [-0.1, -0.05) is 6.92 Å². The van der Waals surface area contributed by atoms with Crippen molar-refractivity contribution >= 4 is 33.2 Å². The highest BCUT2D eigenvalue weighted by Crippen LogP contribution is 2.30. The molecule has 0 spiro atoms. The molecule has 0 aliphatic carbocycles. The lowest BCUT2D eigenvalue weighted by atomic mass is 9.98. The first-order valence-electron chi connectivity index (χ1n) is 6.51. The van der Waals surface area contributed by atoms with E-state index in [0.29, 0.717) is 12.3 Å². The molecule has 2 rings (SSSR count). The van der Waals surface area contributed by atoms with Crippen molar-refractivity contribution in [2.45, 2.75) is 32.8 Å². The predicted molar refractivity (Wildman–Crippen MR) is 80.1 cm³/mol. The van der Waals surface area contributed by atoms with Gasteiger partial charge in [-0.3, -0.25) is 4.79 Å². The van der Waals surface area contributed by atoms with Gasteiger partial charge in [-0.25, -0.2) is 0 Å². The molecule has 1 saturated heterocycles. The van der Waals surface area contributed by atoms with E-state index in [9.17, 15) is 4.79 Å². The summed E-state index contributed by atoms with van der Waals surface area (Å²) in [5.41, 5.74) is 8.25. The summed E-state index contributed by atoms with van der Waals surface area (Å²) < 4.78 is 6.40. The molecule has 0 aromatic heterocycles. The maximum atomic E-state index is 12.3. The lowest BCUT2D eigenvalue weighted by Crippen LogP contribution is -2.29. The smallest absolute Gasteiger partial charge is 0.230 e. The van der Waals surface area contributed by atoms with Gasteiger partial charge in [-0.2, -0.15) is 0 Å². The molecule has 19 heavy (non-hydrogen) atoms. The Balaban J connectivity index is 2.13. The molecule has 1 aromatic rings. The van der Waals surface area contributed by atoms with Crippen molar-refractivity contribution < 1.29 is 9.53 Å². The lowest BCUT2D eigenvalue weighted by molar-refractivity contribution is -0.121. The molecule has 1 aromatic carbocycles. The molecule has 1 aliphatic heterocycles. The number of hydrogen-bond donors (Lipinski definition) is 2. The summed E-state index contributed by atoms with van der Waals surface area (Å²) in [4.78, 5) is 12.3. The number of ether oxygens (including phenoxy) is 1. The highest BCUT2D eigenvalue weighted by molar-refractivity contribution is 9.10. The SMILES string of the molecule is CCC1OCCC1C(=O)Nc1cc(N)c(C)cc1Br. The van der Waals surface area contributed by atoms with Crippen LogP contribution in [0.4, 0.5) is 11.4 Å². The zero-order valence-electron chi connectivity index (χ0n) is 11.2. The quantitative estimate of drug-likeness (QED) is 0.839. The van der Waals surface area contributed by atoms with Crippen LogP contribution in [-0.2, 0) is 9.53 Å². The Kier molecular flexibility index (Phi) is 4.47. The molecule has 0 radical (unpaired) electrons. The van der Waals surface area contributed by atoms with E-state index < -0.39 is 0 Å². The van der Waals surface area contributed by atoms with Crippen molar-refractivity contribution in [1.29, 1.82) is 0 Å². The highest BCUT2D eigenvalue weighted by atomic mass is 79.9. The van der Waals surface area contributed by atoms with E-state index in [1.165, 1.54) is 0 Å². The minimum atomic E-state index is -0.0700. The first kappa shape index (κ1) is 14.3. The normalized spacial score (nSPS) is 22.5. The average Bonchev–Trinajstić information content (AvgIpc) is 2.84. The third-order valence-corrected chi connectivity index (χ3v) is 4.22. The van der Waals surface area contributed by atoms with Gasteiger partial charge in [0.05, 0.1) is 17.7 Å². The van der Waals surface area contributed by atoms with Crippen LogP contribution in [0, 0.1) is 12.8 Å². The van der Waals surface area contributed by atoms with Crippen LogP contribution in [0.2, 0.25) is 0 Å². The lowest BCUT2D eigenvalue weighted by Gasteiger charge is -2.17. The third-order valence-electron chi connectivity index (χ3n) is 3.56. The first-order chi connectivity index (χ1) is 9.02. The minimum absolute atomic E-state index is 0.00769. The Bertz CT molecular complexity index is 491. The number of rotatable bonds is 3. The number of benzene rings is 1. The number of carbonyl (C=O) groups excluding carboxylic acids is 1. The van der Waals surface area contributed by atoms with E-state index in [1.807, 2.05) is 19.9 Å². The van der Waals surface area contributed by atoms with Crippen LogP contribution < -0.4 is 11.1 Å². The van der Waals surface area contributed by atoms with Crippen molar-refractivity contribution in [2.24, 2.45) is 5.92 Å². The Hall–Kier alpha value is -1.07. The summed E-state index contributed by atoms with van der Waals surface area (Å²) in [6.07, 6.45) is 1.67. The Labute approximate surface area is 121 Å². The van der Waals surface area contributed by atoms with E-state index in [-0.39, 0.29) is 17.9 Å². The topological polar surface area (TPSA) is 64.3 Å². The molecule has 1 fully saturated rings. The molecule has 4 nitrogen and oxygen atoms in total. The van der Waals surface area contributed by atoms with Crippen molar-refractivity contribution in [1.82, 2.24) is 0 Å². The molecule has 2 atom stereocenters. The van der Waals surface area contributed by atoms with Crippen LogP contribution in [0.25, 0.3) is 0 Å².